The predicted octanol–water partition coefficient (Wildman–Crippen LogP) is 2.47. The maximum Gasteiger partial charge on any atom is 0.335 e. The number of amides is 1. The van der Waals surface area contributed by atoms with Crippen molar-refractivity contribution in [3.8, 4) is 0 Å². The van der Waals surface area contributed by atoms with E-state index < -0.39 is 18.9 Å². The smallest absolute Gasteiger partial charge is 0.335 e. The molecule has 0 aliphatic carbocycles. The van der Waals surface area contributed by atoms with Gasteiger partial charge in [-0.2, -0.15) is 0 Å². The normalized spacial score (nSPS) is 22.0. The van der Waals surface area contributed by atoms with Crippen molar-refractivity contribution in [2.45, 2.75) is 38.6 Å². The van der Waals surface area contributed by atoms with Crippen LogP contribution in [0.2, 0.25) is 0 Å². The minimum absolute atomic E-state index is 0.0376. The van der Waals surface area contributed by atoms with Gasteiger partial charge in [-0.3, -0.25) is 14.3 Å². The molecule has 0 aromatic heterocycles. The molecule has 1 heterocycles. The lowest BCUT2D eigenvalue weighted by Crippen LogP contribution is -2.53. The summed E-state index contributed by atoms with van der Waals surface area (Å²) in [4.78, 5) is 34.7. The van der Waals surface area contributed by atoms with Crippen molar-refractivity contribution in [1.29, 1.82) is 0 Å². The number of carboxylic acids is 1. The zero-order chi connectivity index (χ0) is 21.5. The van der Waals surface area contributed by atoms with E-state index >= 15 is 0 Å². The van der Waals surface area contributed by atoms with Gasteiger partial charge < -0.3 is 20.1 Å². The van der Waals surface area contributed by atoms with Crippen LogP contribution in [0.15, 0.2) is 24.3 Å². The molecule has 1 aliphatic rings. The molecule has 29 heavy (non-hydrogen) atoms. The highest BCUT2D eigenvalue weighted by Crippen LogP contribution is 2.46. The van der Waals surface area contributed by atoms with E-state index in [1.807, 2.05) is 17.9 Å². The maximum atomic E-state index is 12.8. The summed E-state index contributed by atoms with van der Waals surface area (Å²) in [6, 6.07) is 6.65. The highest BCUT2D eigenvalue weighted by Gasteiger charge is 2.40. The molecule has 3 N–H and O–H groups in total. The van der Waals surface area contributed by atoms with Gasteiger partial charge in [0, 0.05) is 26.2 Å². The fourth-order valence-corrected chi connectivity index (χ4v) is 5.37. The molecule has 0 saturated carbocycles. The number of hydrogen-bond acceptors (Lipinski definition) is 5. The second-order valence-electron chi connectivity index (χ2n) is 7.73. The van der Waals surface area contributed by atoms with Gasteiger partial charge in [0.25, 0.3) is 0 Å². The monoisotopic (exact) mass is 426 g/mol. The summed E-state index contributed by atoms with van der Waals surface area (Å²) in [5, 5.41) is 12.0. The van der Waals surface area contributed by atoms with E-state index in [1.165, 1.54) is 13.0 Å². The molecule has 0 bridgehead atoms. The summed E-state index contributed by atoms with van der Waals surface area (Å²) in [7, 11) is -3.39. The first-order valence-corrected chi connectivity index (χ1v) is 11.9. The van der Waals surface area contributed by atoms with E-state index in [1.54, 1.807) is 12.1 Å². The number of carboxylic acid groups (broad SMARTS) is 1. The molecule has 2 rings (SSSR count). The van der Waals surface area contributed by atoms with Crippen molar-refractivity contribution >= 4 is 19.2 Å². The Morgan fingerprint density at radius 1 is 1.31 bits per heavy atom. The number of aromatic carboxylic acids is 1. The summed E-state index contributed by atoms with van der Waals surface area (Å²) < 4.78 is 18.5. The van der Waals surface area contributed by atoms with Gasteiger partial charge in [0.05, 0.1) is 30.6 Å². The molecule has 1 amide bonds. The molecule has 1 aliphatic heterocycles. The molecule has 162 valence electrons. The molecule has 1 aromatic carbocycles. The lowest BCUT2D eigenvalue weighted by Gasteiger charge is -2.45. The molecular weight excluding hydrogens is 395 g/mol. The largest absolute Gasteiger partial charge is 0.478 e. The van der Waals surface area contributed by atoms with Crippen molar-refractivity contribution in [2.24, 2.45) is 0 Å². The Hall–Kier alpha value is -1.73. The summed E-state index contributed by atoms with van der Waals surface area (Å²) in [5.41, 5.74) is 0.265. The standard InChI is InChI=1S/C20H31N2O6P/c1-16(23)21-9-4-3-5-12-29(26,27)15-22-10-11-28-14-20(22,2)18-8-6-7-17(13-18)19(24)25/h6-8,13H,3-5,9-12,14-15H2,1-2H3,(H,21,23)(H,24,25)(H,26,27). The van der Waals surface area contributed by atoms with Crippen molar-refractivity contribution in [3.63, 3.8) is 0 Å². The van der Waals surface area contributed by atoms with Crippen LogP contribution in [-0.2, 0) is 19.6 Å². The van der Waals surface area contributed by atoms with Crippen LogP contribution in [-0.4, -0.2) is 65.5 Å². The summed E-state index contributed by atoms with van der Waals surface area (Å²) in [6.07, 6.45) is 2.41. The average molecular weight is 426 g/mol. The summed E-state index contributed by atoms with van der Waals surface area (Å²) in [6.45, 7) is 5.25. The molecule has 1 saturated heterocycles. The molecular formula is C20H31N2O6P. The van der Waals surface area contributed by atoms with Crippen LogP contribution in [0, 0.1) is 0 Å². The van der Waals surface area contributed by atoms with Crippen LogP contribution in [0.25, 0.3) is 0 Å². The number of hydrogen-bond donors (Lipinski definition) is 3. The van der Waals surface area contributed by atoms with Gasteiger partial charge in [-0.05, 0) is 37.5 Å². The van der Waals surface area contributed by atoms with Gasteiger partial charge in [-0.1, -0.05) is 18.6 Å². The topological polar surface area (TPSA) is 116 Å². The number of morpholine rings is 1. The van der Waals surface area contributed by atoms with Gasteiger partial charge in [-0.25, -0.2) is 4.79 Å². The first-order valence-electron chi connectivity index (χ1n) is 9.86. The average Bonchev–Trinajstić information content (AvgIpc) is 2.66. The van der Waals surface area contributed by atoms with E-state index in [9.17, 15) is 24.2 Å². The molecule has 8 nitrogen and oxygen atoms in total. The molecule has 2 atom stereocenters. The highest BCUT2D eigenvalue weighted by molar-refractivity contribution is 7.57. The Bertz CT molecular complexity index is 771. The third kappa shape index (κ3) is 6.93. The SMILES string of the molecule is CC(=O)NCCCCCP(=O)(O)CN1CCOCC1(C)c1cccc(C(=O)O)c1. The fraction of sp³-hybridized carbons (Fsp3) is 0.600. The van der Waals surface area contributed by atoms with Gasteiger partial charge in [0.15, 0.2) is 0 Å². The molecule has 2 unspecified atom stereocenters. The maximum absolute atomic E-state index is 12.8. The van der Waals surface area contributed by atoms with Gasteiger partial charge >= 0.3 is 5.97 Å². The lowest BCUT2D eigenvalue weighted by molar-refractivity contribution is -0.118. The van der Waals surface area contributed by atoms with Crippen LogP contribution in [0.3, 0.4) is 0 Å². The van der Waals surface area contributed by atoms with Gasteiger partial charge in [-0.15, -0.1) is 0 Å². The predicted molar refractivity (Wildman–Crippen MR) is 110 cm³/mol. The Labute approximate surface area is 171 Å². The van der Waals surface area contributed by atoms with Gasteiger partial charge in [0.2, 0.25) is 13.3 Å². The second kappa shape index (κ2) is 10.3. The molecule has 1 aromatic rings. The van der Waals surface area contributed by atoms with Crippen molar-refractivity contribution in [3.05, 3.63) is 35.4 Å². The summed E-state index contributed by atoms with van der Waals surface area (Å²) >= 11 is 0. The van der Waals surface area contributed by atoms with E-state index in [4.69, 9.17) is 4.74 Å². The number of rotatable bonds is 10. The van der Waals surface area contributed by atoms with Crippen molar-refractivity contribution in [2.75, 3.05) is 38.8 Å². The van der Waals surface area contributed by atoms with Crippen molar-refractivity contribution in [1.82, 2.24) is 10.2 Å². The number of benzene rings is 1. The van der Waals surface area contributed by atoms with E-state index in [-0.39, 0.29) is 23.9 Å². The molecule has 9 heteroatoms. The van der Waals surface area contributed by atoms with Crippen LogP contribution < -0.4 is 5.32 Å². The highest BCUT2D eigenvalue weighted by atomic mass is 31.2. The first-order chi connectivity index (χ1) is 13.6. The molecule has 0 radical (unpaired) electrons. The third-order valence-electron chi connectivity index (χ3n) is 5.27. The number of carbonyl (C=O) groups is 2. The Kier molecular flexibility index (Phi) is 8.40. The minimum Gasteiger partial charge on any atom is -0.478 e. The Morgan fingerprint density at radius 3 is 2.76 bits per heavy atom. The first kappa shape index (κ1) is 23.5. The minimum atomic E-state index is -3.39. The molecule has 1 fully saturated rings. The van der Waals surface area contributed by atoms with Crippen LogP contribution in [0.4, 0.5) is 0 Å². The molecule has 0 spiro atoms. The third-order valence-corrected chi connectivity index (χ3v) is 7.07. The Morgan fingerprint density at radius 2 is 2.07 bits per heavy atom. The fourth-order valence-electron chi connectivity index (χ4n) is 3.53. The second-order valence-corrected chi connectivity index (χ2v) is 10.2. The quantitative estimate of drug-likeness (QED) is 0.389. The summed E-state index contributed by atoms with van der Waals surface area (Å²) in [5.74, 6) is -1.08. The Balaban J connectivity index is 2.01. The van der Waals surface area contributed by atoms with E-state index in [0.717, 1.165) is 18.4 Å². The number of nitrogens with one attached hydrogen (secondary N) is 1. The number of carbonyl (C=O) groups excluding carboxylic acids is 1. The zero-order valence-corrected chi connectivity index (χ0v) is 18.0. The zero-order valence-electron chi connectivity index (χ0n) is 17.1. The van der Waals surface area contributed by atoms with Gasteiger partial charge in [0.1, 0.15) is 0 Å². The number of unbranched alkanes of at least 4 members (excludes halogenated alkanes) is 2. The van der Waals surface area contributed by atoms with Crippen LogP contribution in [0.5, 0.6) is 0 Å². The van der Waals surface area contributed by atoms with E-state index in [2.05, 4.69) is 5.32 Å². The number of ether oxygens (including phenoxy) is 1. The van der Waals surface area contributed by atoms with Crippen LogP contribution >= 0.6 is 7.37 Å². The number of nitrogens with zero attached hydrogens (tertiary/aromatic N) is 1. The van der Waals surface area contributed by atoms with Crippen LogP contribution in [0.1, 0.15) is 49.0 Å². The van der Waals surface area contributed by atoms with Crippen molar-refractivity contribution < 1.29 is 28.9 Å². The lowest BCUT2D eigenvalue weighted by atomic mass is 9.89. The van der Waals surface area contributed by atoms with E-state index in [0.29, 0.717) is 32.7 Å².